The summed E-state index contributed by atoms with van der Waals surface area (Å²) in [7, 11) is 0. The molecule has 3 N–H and O–H groups in total. The van der Waals surface area contributed by atoms with Crippen LogP contribution in [0.15, 0.2) is 30.4 Å². The van der Waals surface area contributed by atoms with Crippen LogP contribution in [0, 0.1) is 5.82 Å². The van der Waals surface area contributed by atoms with Gasteiger partial charge in [-0.1, -0.05) is 29.8 Å². The molecular formula is C14H20ClFN2O. The minimum atomic E-state index is -0.349. The molecule has 1 aromatic rings. The van der Waals surface area contributed by atoms with E-state index in [2.05, 4.69) is 11.9 Å². The van der Waals surface area contributed by atoms with Gasteiger partial charge in [0, 0.05) is 29.7 Å². The first-order valence-corrected chi connectivity index (χ1v) is 6.53. The molecule has 0 heterocycles. The summed E-state index contributed by atoms with van der Waals surface area (Å²) in [6, 6.07) is 4.29. The summed E-state index contributed by atoms with van der Waals surface area (Å²) in [6.45, 7) is 7.51. The van der Waals surface area contributed by atoms with Crippen LogP contribution in [0.25, 0.3) is 0 Å². The van der Waals surface area contributed by atoms with Gasteiger partial charge in [-0.25, -0.2) is 4.39 Å². The quantitative estimate of drug-likeness (QED) is 0.570. The van der Waals surface area contributed by atoms with E-state index in [4.69, 9.17) is 22.1 Å². The maximum absolute atomic E-state index is 13.7. The second-order valence-corrected chi connectivity index (χ2v) is 4.79. The van der Waals surface area contributed by atoms with Crippen molar-refractivity contribution in [2.45, 2.75) is 13.0 Å². The second-order valence-electron chi connectivity index (χ2n) is 4.39. The molecule has 3 nitrogen and oxygen atoms in total. The Hall–Kier alpha value is -0.940. The monoisotopic (exact) mass is 286 g/mol. The Bertz CT molecular complexity index is 406. The first-order valence-electron chi connectivity index (χ1n) is 6.15. The van der Waals surface area contributed by atoms with Crippen LogP contribution in [-0.2, 0) is 4.74 Å². The number of nitrogens with two attached hydrogens (primary N) is 1. The zero-order valence-corrected chi connectivity index (χ0v) is 11.8. The van der Waals surface area contributed by atoms with Crippen molar-refractivity contribution in [3.8, 4) is 0 Å². The van der Waals surface area contributed by atoms with Gasteiger partial charge in [-0.2, -0.15) is 0 Å². The van der Waals surface area contributed by atoms with Gasteiger partial charge in [0.05, 0.1) is 13.2 Å². The van der Waals surface area contributed by atoms with Crippen LogP contribution in [0.5, 0.6) is 0 Å². The van der Waals surface area contributed by atoms with Crippen molar-refractivity contribution in [1.29, 1.82) is 0 Å². The number of ether oxygens (including phenoxy) is 1. The van der Waals surface area contributed by atoms with E-state index in [0.29, 0.717) is 30.3 Å². The number of rotatable bonds is 8. The first-order chi connectivity index (χ1) is 9.06. The maximum Gasteiger partial charge on any atom is 0.129 e. The predicted molar refractivity (Wildman–Crippen MR) is 76.8 cm³/mol. The van der Waals surface area contributed by atoms with E-state index in [-0.39, 0.29) is 18.4 Å². The molecule has 1 aromatic carbocycles. The Balaban J connectivity index is 2.52. The van der Waals surface area contributed by atoms with Gasteiger partial charge in [-0.15, -0.1) is 0 Å². The van der Waals surface area contributed by atoms with E-state index in [9.17, 15) is 4.39 Å². The Morgan fingerprint density at radius 3 is 2.89 bits per heavy atom. The van der Waals surface area contributed by atoms with Gasteiger partial charge in [0.25, 0.3) is 0 Å². The van der Waals surface area contributed by atoms with Crippen LogP contribution in [-0.4, -0.2) is 26.3 Å². The summed E-state index contributed by atoms with van der Waals surface area (Å²) in [5.41, 5.74) is 7.04. The van der Waals surface area contributed by atoms with Gasteiger partial charge in [-0.3, -0.25) is 0 Å². The predicted octanol–water partition coefficient (Wildman–Crippen LogP) is 2.66. The molecule has 1 rings (SSSR count). The molecule has 0 radical (unpaired) electrons. The highest BCUT2D eigenvalue weighted by Crippen LogP contribution is 2.25. The molecule has 106 valence electrons. The van der Waals surface area contributed by atoms with E-state index in [1.54, 1.807) is 12.1 Å². The Morgan fingerprint density at radius 1 is 1.58 bits per heavy atom. The van der Waals surface area contributed by atoms with Gasteiger partial charge in [0.1, 0.15) is 5.82 Å². The number of benzene rings is 1. The average Bonchev–Trinajstić information content (AvgIpc) is 2.35. The molecule has 19 heavy (non-hydrogen) atoms. The molecule has 1 atom stereocenters. The number of nitrogens with one attached hydrogen (secondary N) is 1. The van der Waals surface area contributed by atoms with Crippen molar-refractivity contribution in [1.82, 2.24) is 5.32 Å². The standard InChI is InChI=1S/C14H20ClFN2O/c1-10(2)9-19-7-6-18-13(8-17)14-11(15)4-3-5-12(14)16/h3-5,13,18H,1,6-9,17H2,2H3. The summed E-state index contributed by atoms with van der Waals surface area (Å²) in [5.74, 6) is -0.349. The molecule has 0 aromatic heterocycles. The lowest BCUT2D eigenvalue weighted by Gasteiger charge is -2.19. The molecule has 0 saturated carbocycles. The van der Waals surface area contributed by atoms with Crippen molar-refractivity contribution in [2.24, 2.45) is 5.73 Å². The van der Waals surface area contributed by atoms with Crippen molar-refractivity contribution in [2.75, 3.05) is 26.3 Å². The molecular weight excluding hydrogens is 267 g/mol. The summed E-state index contributed by atoms with van der Waals surface area (Å²) >= 11 is 6.01. The molecule has 0 bridgehead atoms. The summed E-state index contributed by atoms with van der Waals surface area (Å²) in [5, 5.41) is 3.52. The van der Waals surface area contributed by atoms with E-state index < -0.39 is 0 Å². The molecule has 0 spiro atoms. The summed E-state index contributed by atoms with van der Waals surface area (Å²) in [4.78, 5) is 0. The van der Waals surface area contributed by atoms with Gasteiger partial charge in [0.2, 0.25) is 0 Å². The fourth-order valence-electron chi connectivity index (χ4n) is 1.70. The van der Waals surface area contributed by atoms with Gasteiger partial charge in [0.15, 0.2) is 0 Å². The fourth-order valence-corrected chi connectivity index (χ4v) is 1.99. The molecule has 5 heteroatoms. The highest BCUT2D eigenvalue weighted by molar-refractivity contribution is 6.31. The highest BCUT2D eigenvalue weighted by atomic mass is 35.5. The minimum Gasteiger partial charge on any atom is -0.376 e. The molecule has 0 amide bonds. The van der Waals surface area contributed by atoms with Crippen molar-refractivity contribution < 1.29 is 9.13 Å². The fraction of sp³-hybridized carbons (Fsp3) is 0.429. The first kappa shape index (κ1) is 16.1. The highest BCUT2D eigenvalue weighted by Gasteiger charge is 2.16. The van der Waals surface area contributed by atoms with Gasteiger partial charge >= 0.3 is 0 Å². The normalized spacial score (nSPS) is 12.4. The minimum absolute atomic E-state index is 0.265. The van der Waals surface area contributed by atoms with Crippen LogP contribution >= 0.6 is 11.6 Å². The van der Waals surface area contributed by atoms with Gasteiger partial charge < -0.3 is 15.8 Å². The number of hydrogen-bond donors (Lipinski definition) is 2. The number of halogens is 2. The Kier molecular flexibility index (Phi) is 7.02. The van der Waals surface area contributed by atoms with E-state index in [0.717, 1.165) is 5.57 Å². The Labute approximate surface area is 118 Å². The molecule has 0 aliphatic heterocycles. The number of hydrogen-bond acceptors (Lipinski definition) is 3. The van der Waals surface area contributed by atoms with Crippen LogP contribution in [0.3, 0.4) is 0 Å². The zero-order valence-electron chi connectivity index (χ0n) is 11.1. The lowest BCUT2D eigenvalue weighted by Crippen LogP contribution is -2.31. The van der Waals surface area contributed by atoms with E-state index >= 15 is 0 Å². The lowest BCUT2D eigenvalue weighted by molar-refractivity contribution is 0.155. The van der Waals surface area contributed by atoms with Crippen molar-refractivity contribution in [3.63, 3.8) is 0 Å². The topological polar surface area (TPSA) is 47.3 Å². The smallest absolute Gasteiger partial charge is 0.129 e. The van der Waals surface area contributed by atoms with Crippen molar-refractivity contribution >= 4 is 11.6 Å². The lowest BCUT2D eigenvalue weighted by atomic mass is 10.1. The second kappa shape index (κ2) is 8.27. The molecule has 0 fully saturated rings. The third-order valence-electron chi connectivity index (χ3n) is 2.57. The van der Waals surface area contributed by atoms with Crippen molar-refractivity contribution in [3.05, 3.63) is 46.8 Å². The zero-order chi connectivity index (χ0) is 14.3. The molecule has 0 aliphatic carbocycles. The van der Waals surface area contributed by atoms with Crippen LogP contribution in [0.2, 0.25) is 5.02 Å². The van der Waals surface area contributed by atoms with E-state index in [1.165, 1.54) is 6.07 Å². The van der Waals surface area contributed by atoms with Crippen LogP contribution in [0.1, 0.15) is 18.5 Å². The van der Waals surface area contributed by atoms with Crippen LogP contribution in [0.4, 0.5) is 4.39 Å². The summed E-state index contributed by atoms with van der Waals surface area (Å²) in [6.07, 6.45) is 0. The molecule has 0 aliphatic rings. The van der Waals surface area contributed by atoms with Crippen LogP contribution < -0.4 is 11.1 Å². The van der Waals surface area contributed by atoms with E-state index in [1.807, 2.05) is 6.92 Å². The average molecular weight is 287 g/mol. The molecule has 0 saturated heterocycles. The third kappa shape index (κ3) is 5.28. The summed E-state index contributed by atoms with van der Waals surface area (Å²) < 4.78 is 19.1. The maximum atomic E-state index is 13.7. The van der Waals surface area contributed by atoms with Gasteiger partial charge in [-0.05, 0) is 19.1 Å². The third-order valence-corrected chi connectivity index (χ3v) is 2.90. The molecule has 1 unspecified atom stereocenters. The Morgan fingerprint density at radius 2 is 2.32 bits per heavy atom. The SMILES string of the molecule is C=C(C)COCCNC(CN)c1c(F)cccc1Cl. The largest absolute Gasteiger partial charge is 0.376 e.